The monoisotopic (exact) mass is 458 g/mol. The van der Waals surface area contributed by atoms with E-state index in [1.54, 1.807) is 18.9 Å². The molecule has 0 aromatic heterocycles. The topological polar surface area (TPSA) is 59.9 Å². The molecule has 0 bridgehead atoms. The number of esters is 1. The molecule has 1 aliphatic heterocycles. The predicted octanol–water partition coefficient (Wildman–Crippen LogP) is 5.60. The molecule has 0 saturated carbocycles. The van der Waals surface area contributed by atoms with E-state index < -0.39 is 6.04 Å². The van der Waals surface area contributed by atoms with Gasteiger partial charge in [-0.1, -0.05) is 84.6 Å². The molecule has 1 aliphatic rings. The summed E-state index contributed by atoms with van der Waals surface area (Å²) in [6, 6.07) is 27.2. The normalized spacial score (nSPS) is 15.5. The van der Waals surface area contributed by atoms with Crippen molar-refractivity contribution in [3.05, 3.63) is 107 Å². The van der Waals surface area contributed by atoms with Crippen molar-refractivity contribution < 1.29 is 14.3 Å². The number of nitrogens with one attached hydrogen (secondary N) is 1. The van der Waals surface area contributed by atoms with Gasteiger partial charge in [0.05, 0.1) is 25.0 Å². The summed E-state index contributed by atoms with van der Waals surface area (Å²) in [6.07, 6.45) is 0. The lowest BCUT2D eigenvalue weighted by molar-refractivity contribution is -0.138. The predicted molar refractivity (Wildman–Crippen MR) is 134 cm³/mol. The van der Waals surface area contributed by atoms with Crippen molar-refractivity contribution in [1.29, 1.82) is 0 Å². The van der Waals surface area contributed by atoms with E-state index in [1.807, 2.05) is 91.9 Å². The molecule has 1 N–H and O–H groups in total. The molecule has 0 unspecified atom stereocenters. The van der Waals surface area contributed by atoms with E-state index in [9.17, 15) is 4.79 Å². The van der Waals surface area contributed by atoms with Crippen LogP contribution in [0.25, 0.3) is 5.70 Å². The van der Waals surface area contributed by atoms with Crippen LogP contribution in [0.5, 0.6) is 5.75 Å². The standard InChI is InChI=1S/C27H26N2O3S/c1-3-32-26(30)23-24(20-10-6-4-7-11-20)28-27(29-25(23)21-12-8-5-9-13-21)33-18-19-14-16-22(31-2)17-15-19/h4-17,24H,3,18H2,1-2H3,(H,28,29)/t24-/m0/s1. The van der Waals surface area contributed by atoms with Crippen LogP contribution in [-0.2, 0) is 15.3 Å². The highest BCUT2D eigenvalue weighted by Crippen LogP contribution is 2.36. The van der Waals surface area contributed by atoms with Gasteiger partial charge in [-0.2, -0.15) is 0 Å². The van der Waals surface area contributed by atoms with Crippen LogP contribution in [0.3, 0.4) is 0 Å². The van der Waals surface area contributed by atoms with Gasteiger partial charge in [0.2, 0.25) is 0 Å². The molecule has 6 heteroatoms. The van der Waals surface area contributed by atoms with E-state index in [0.29, 0.717) is 12.2 Å². The number of rotatable bonds is 7. The summed E-state index contributed by atoms with van der Waals surface area (Å²) >= 11 is 1.60. The van der Waals surface area contributed by atoms with Crippen LogP contribution < -0.4 is 10.1 Å². The minimum absolute atomic E-state index is 0.300. The summed E-state index contributed by atoms with van der Waals surface area (Å²) in [4.78, 5) is 18.1. The first-order valence-corrected chi connectivity index (χ1v) is 11.8. The third-order valence-corrected chi connectivity index (χ3v) is 6.19. The van der Waals surface area contributed by atoms with Gasteiger partial charge in [-0.05, 0) is 35.7 Å². The average molecular weight is 459 g/mol. The van der Waals surface area contributed by atoms with Gasteiger partial charge in [0.1, 0.15) is 11.8 Å². The van der Waals surface area contributed by atoms with Crippen LogP contribution in [0, 0.1) is 0 Å². The third-order valence-electron chi connectivity index (χ3n) is 5.23. The molecule has 4 rings (SSSR count). The number of nitrogens with zero attached hydrogens (tertiary/aromatic N) is 1. The summed E-state index contributed by atoms with van der Waals surface area (Å²) in [5.74, 6) is 1.20. The Balaban J connectivity index is 1.71. The number of benzene rings is 3. The van der Waals surface area contributed by atoms with E-state index in [2.05, 4.69) is 5.32 Å². The van der Waals surface area contributed by atoms with Crippen LogP contribution in [0.1, 0.15) is 29.7 Å². The summed E-state index contributed by atoms with van der Waals surface area (Å²) < 4.78 is 10.7. The maximum Gasteiger partial charge on any atom is 0.338 e. The van der Waals surface area contributed by atoms with Gasteiger partial charge >= 0.3 is 5.97 Å². The van der Waals surface area contributed by atoms with Crippen molar-refractivity contribution in [3.63, 3.8) is 0 Å². The fourth-order valence-corrected chi connectivity index (χ4v) is 4.45. The number of carbonyl (C=O) groups is 1. The maximum absolute atomic E-state index is 13.1. The van der Waals surface area contributed by atoms with Crippen LogP contribution in [-0.4, -0.2) is 24.9 Å². The zero-order valence-electron chi connectivity index (χ0n) is 18.7. The summed E-state index contributed by atoms with van der Waals surface area (Å²) in [7, 11) is 1.66. The highest BCUT2D eigenvalue weighted by Gasteiger charge is 2.32. The molecule has 0 radical (unpaired) electrons. The first-order chi connectivity index (χ1) is 16.2. The molecule has 0 fully saturated rings. The molecule has 1 atom stereocenters. The van der Waals surface area contributed by atoms with E-state index >= 15 is 0 Å². The van der Waals surface area contributed by atoms with Crippen molar-refractivity contribution >= 4 is 28.6 Å². The van der Waals surface area contributed by atoms with Gasteiger partial charge in [-0.3, -0.25) is 0 Å². The molecular formula is C27H26N2O3S. The lowest BCUT2D eigenvalue weighted by atomic mass is 9.94. The Hall–Kier alpha value is -3.51. The molecule has 33 heavy (non-hydrogen) atoms. The molecule has 1 heterocycles. The summed E-state index contributed by atoms with van der Waals surface area (Å²) in [5.41, 5.74) is 4.26. The van der Waals surface area contributed by atoms with Gasteiger partial charge in [-0.15, -0.1) is 0 Å². The zero-order valence-corrected chi connectivity index (χ0v) is 19.5. The number of amidine groups is 1. The summed E-state index contributed by atoms with van der Waals surface area (Å²) in [5, 5.41) is 4.17. The Morgan fingerprint density at radius 3 is 2.27 bits per heavy atom. The number of hydrogen-bond donors (Lipinski definition) is 1. The Morgan fingerprint density at radius 1 is 0.970 bits per heavy atom. The van der Waals surface area contributed by atoms with Crippen LogP contribution in [0.4, 0.5) is 0 Å². The number of thioether (sulfide) groups is 1. The Labute approximate surface area is 198 Å². The van der Waals surface area contributed by atoms with Crippen LogP contribution in [0.2, 0.25) is 0 Å². The summed E-state index contributed by atoms with van der Waals surface area (Å²) in [6.45, 7) is 2.11. The molecule has 0 saturated heterocycles. The highest BCUT2D eigenvalue weighted by molar-refractivity contribution is 8.13. The smallest absolute Gasteiger partial charge is 0.338 e. The molecule has 0 amide bonds. The second-order valence-corrected chi connectivity index (χ2v) is 8.35. The fraction of sp³-hybridized carbons (Fsp3) is 0.185. The molecule has 0 aliphatic carbocycles. The Morgan fingerprint density at radius 2 is 1.64 bits per heavy atom. The molecule has 0 spiro atoms. The van der Waals surface area contributed by atoms with Gasteiger partial charge in [0, 0.05) is 5.75 Å². The Kier molecular flexibility index (Phi) is 7.47. The van der Waals surface area contributed by atoms with Gasteiger partial charge in [-0.25, -0.2) is 9.79 Å². The quantitative estimate of drug-likeness (QED) is 0.467. The lowest BCUT2D eigenvalue weighted by Gasteiger charge is -2.27. The van der Waals surface area contributed by atoms with E-state index in [4.69, 9.17) is 14.5 Å². The largest absolute Gasteiger partial charge is 0.497 e. The zero-order chi connectivity index (χ0) is 23.0. The minimum Gasteiger partial charge on any atom is -0.497 e. The van der Waals surface area contributed by atoms with Gasteiger partial charge in [0.15, 0.2) is 5.17 Å². The van der Waals surface area contributed by atoms with Gasteiger partial charge in [0.25, 0.3) is 0 Å². The van der Waals surface area contributed by atoms with Crippen molar-refractivity contribution in [2.75, 3.05) is 13.7 Å². The number of ether oxygens (including phenoxy) is 2. The number of hydrogen-bond acceptors (Lipinski definition) is 6. The average Bonchev–Trinajstić information content (AvgIpc) is 2.88. The van der Waals surface area contributed by atoms with Crippen molar-refractivity contribution in [1.82, 2.24) is 5.32 Å². The van der Waals surface area contributed by atoms with E-state index in [1.165, 1.54) is 0 Å². The number of aliphatic imine (C=N–C) groups is 1. The Bertz CT molecular complexity index is 1140. The lowest BCUT2D eigenvalue weighted by Crippen LogP contribution is -2.31. The third kappa shape index (κ3) is 5.46. The van der Waals surface area contributed by atoms with Crippen molar-refractivity contribution in [3.8, 4) is 5.75 Å². The second-order valence-electron chi connectivity index (χ2n) is 7.38. The van der Waals surface area contributed by atoms with Crippen LogP contribution in [0.15, 0.2) is 95.5 Å². The fourth-order valence-electron chi connectivity index (χ4n) is 3.60. The first-order valence-electron chi connectivity index (χ1n) is 10.8. The van der Waals surface area contributed by atoms with E-state index in [-0.39, 0.29) is 5.97 Å². The maximum atomic E-state index is 13.1. The highest BCUT2D eigenvalue weighted by atomic mass is 32.2. The molecule has 5 nitrogen and oxygen atoms in total. The molecule has 168 valence electrons. The first kappa shape index (κ1) is 22.7. The van der Waals surface area contributed by atoms with Gasteiger partial charge < -0.3 is 14.8 Å². The second kappa shape index (κ2) is 10.9. The number of carbonyl (C=O) groups excluding carboxylic acids is 1. The molecule has 3 aromatic rings. The molecular weight excluding hydrogens is 432 g/mol. The van der Waals surface area contributed by atoms with Crippen LogP contribution >= 0.6 is 11.8 Å². The van der Waals surface area contributed by atoms with Crippen molar-refractivity contribution in [2.24, 2.45) is 4.99 Å². The van der Waals surface area contributed by atoms with E-state index in [0.717, 1.165) is 39.1 Å². The molecule has 3 aromatic carbocycles. The van der Waals surface area contributed by atoms with Crippen molar-refractivity contribution in [2.45, 2.75) is 18.7 Å². The SMILES string of the molecule is CCOC(=O)C1=C(c2ccccc2)NC(SCc2ccc(OC)cc2)=N[C@H]1c1ccccc1. The number of methoxy groups -OCH3 is 1. The minimum atomic E-state index is -0.458.